The van der Waals surface area contributed by atoms with Gasteiger partial charge in [0.2, 0.25) is 0 Å². The largest absolute Gasteiger partial charge is 0.311 e. The van der Waals surface area contributed by atoms with E-state index in [-0.39, 0.29) is 0 Å². The maximum absolute atomic E-state index is 3.54. The van der Waals surface area contributed by atoms with Crippen molar-refractivity contribution in [2.75, 3.05) is 6.54 Å². The average molecular weight is 153 g/mol. The van der Waals surface area contributed by atoms with Crippen molar-refractivity contribution in [1.82, 2.24) is 5.32 Å². The van der Waals surface area contributed by atoms with Crippen LogP contribution in [0.15, 0.2) is 12.2 Å². The predicted octanol–water partition coefficient (Wildman–Crippen LogP) is 2.48. The Labute approximate surface area is 69.9 Å². The fraction of sp³-hybridized carbons (Fsp3) is 0.800. The fourth-order valence-corrected chi connectivity index (χ4v) is 1.66. The molecule has 0 saturated heterocycles. The lowest BCUT2D eigenvalue weighted by Crippen LogP contribution is -2.30. The minimum atomic E-state index is 0.806. The van der Waals surface area contributed by atoms with Gasteiger partial charge in [0.25, 0.3) is 0 Å². The van der Waals surface area contributed by atoms with Gasteiger partial charge in [0.1, 0.15) is 0 Å². The monoisotopic (exact) mass is 153 g/mol. The van der Waals surface area contributed by atoms with Gasteiger partial charge in [-0.25, -0.2) is 0 Å². The first-order valence-corrected chi connectivity index (χ1v) is 4.78. The van der Waals surface area contributed by atoms with Gasteiger partial charge in [0.05, 0.1) is 0 Å². The number of allylic oxidation sites excluding steroid dienone is 1. The van der Waals surface area contributed by atoms with E-state index < -0.39 is 0 Å². The summed E-state index contributed by atoms with van der Waals surface area (Å²) in [6, 6.07) is 0.806. The number of nitrogens with one attached hydrogen (secondary N) is 1. The summed E-state index contributed by atoms with van der Waals surface area (Å²) < 4.78 is 0. The summed E-state index contributed by atoms with van der Waals surface area (Å²) in [5.41, 5.74) is 0. The van der Waals surface area contributed by atoms with E-state index in [1.54, 1.807) is 0 Å². The Morgan fingerprint density at radius 1 is 1.27 bits per heavy atom. The minimum absolute atomic E-state index is 0.806. The molecule has 0 bridgehead atoms. The summed E-state index contributed by atoms with van der Waals surface area (Å²) in [5.74, 6) is 0. The van der Waals surface area contributed by atoms with Gasteiger partial charge in [0.15, 0.2) is 0 Å². The van der Waals surface area contributed by atoms with Gasteiger partial charge in [-0.15, -0.1) is 0 Å². The second-order valence-electron chi connectivity index (χ2n) is 3.31. The van der Waals surface area contributed by atoms with Crippen LogP contribution in [0.25, 0.3) is 0 Å². The van der Waals surface area contributed by atoms with Crippen LogP contribution in [0.4, 0.5) is 0 Å². The second kappa shape index (κ2) is 5.36. The number of rotatable bonds is 3. The molecule has 1 nitrogen and oxygen atoms in total. The molecule has 64 valence electrons. The Kier molecular flexibility index (Phi) is 4.29. The van der Waals surface area contributed by atoms with E-state index in [0.717, 1.165) is 12.6 Å². The van der Waals surface area contributed by atoms with Gasteiger partial charge < -0.3 is 5.32 Å². The molecule has 0 spiro atoms. The van der Waals surface area contributed by atoms with Crippen molar-refractivity contribution in [1.29, 1.82) is 0 Å². The Hall–Kier alpha value is -0.300. The average Bonchev–Trinajstić information content (AvgIpc) is 2.07. The summed E-state index contributed by atoms with van der Waals surface area (Å²) in [4.78, 5) is 0. The molecule has 1 rings (SSSR count). The van der Waals surface area contributed by atoms with Crippen LogP contribution in [0.1, 0.15) is 39.0 Å². The van der Waals surface area contributed by atoms with Crippen LogP contribution in [0.5, 0.6) is 0 Å². The molecule has 0 heterocycles. The van der Waals surface area contributed by atoms with Crippen molar-refractivity contribution in [2.45, 2.75) is 45.1 Å². The Bertz CT molecular complexity index is 112. The molecule has 0 amide bonds. The molecule has 0 unspecified atom stereocenters. The first kappa shape index (κ1) is 8.79. The van der Waals surface area contributed by atoms with Crippen LogP contribution in [-0.4, -0.2) is 12.6 Å². The highest BCUT2D eigenvalue weighted by Gasteiger charge is 2.10. The second-order valence-corrected chi connectivity index (χ2v) is 3.31. The van der Waals surface area contributed by atoms with Crippen molar-refractivity contribution in [2.24, 2.45) is 0 Å². The quantitative estimate of drug-likeness (QED) is 0.614. The highest BCUT2D eigenvalue weighted by atomic mass is 14.9. The molecule has 1 aliphatic rings. The van der Waals surface area contributed by atoms with E-state index in [9.17, 15) is 0 Å². The molecule has 1 aliphatic carbocycles. The molecule has 11 heavy (non-hydrogen) atoms. The molecule has 0 aromatic heterocycles. The van der Waals surface area contributed by atoms with Gasteiger partial charge in [-0.3, -0.25) is 0 Å². The van der Waals surface area contributed by atoms with Gasteiger partial charge in [0, 0.05) is 12.6 Å². The van der Waals surface area contributed by atoms with E-state index in [2.05, 4.69) is 24.4 Å². The zero-order chi connectivity index (χ0) is 7.94. The summed E-state index contributed by atoms with van der Waals surface area (Å²) >= 11 is 0. The smallest absolute Gasteiger partial charge is 0.0137 e. The zero-order valence-corrected chi connectivity index (χ0v) is 7.47. The molecule has 0 aromatic carbocycles. The maximum Gasteiger partial charge on any atom is 0.0137 e. The zero-order valence-electron chi connectivity index (χ0n) is 7.47. The highest BCUT2D eigenvalue weighted by molar-refractivity contribution is 4.82. The third kappa shape index (κ3) is 3.57. The van der Waals surface area contributed by atoms with Crippen molar-refractivity contribution in [3.05, 3.63) is 12.2 Å². The Morgan fingerprint density at radius 2 is 2.00 bits per heavy atom. The molecule has 0 aromatic rings. The van der Waals surface area contributed by atoms with Crippen LogP contribution >= 0.6 is 0 Å². The lowest BCUT2D eigenvalue weighted by molar-refractivity contribution is 0.385. The molecule has 0 atom stereocenters. The van der Waals surface area contributed by atoms with Crippen LogP contribution < -0.4 is 5.32 Å². The molecular weight excluding hydrogens is 134 g/mol. The van der Waals surface area contributed by atoms with Crippen molar-refractivity contribution in [3.63, 3.8) is 0 Å². The molecule has 0 aliphatic heterocycles. The predicted molar refractivity (Wildman–Crippen MR) is 49.7 cm³/mol. The van der Waals surface area contributed by atoms with Crippen molar-refractivity contribution < 1.29 is 0 Å². The highest BCUT2D eigenvalue weighted by Crippen LogP contribution is 2.16. The van der Waals surface area contributed by atoms with Crippen LogP contribution in [0, 0.1) is 0 Å². The van der Waals surface area contributed by atoms with E-state index in [4.69, 9.17) is 0 Å². The SMILES string of the molecule is CC=CCNC1CCCCC1. The van der Waals surface area contributed by atoms with Crippen LogP contribution in [-0.2, 0) is 0 Å². The van der Waals surface area contributed by atoms with Gasteiger partial charge in [-0.05, 0) is 19.8 Å². The first-order chi connectivity index (χ1) is 5.43. The molecule has 1 fully saturated rings. The Balaban J connectivity index is 2.04. The lowest BCUT2D eigenvalue weighted by atomic mass is 9.95. The van der Waals surface area contributed by atoms with Crippen LogP contribution in [0.2, 0.25) is 0 Å². The van der Waals surface area contributed by atoms with Gasteiger partial charge in [-0.1, -0.05) is 31.4 Å². The molecular formula is C10H19N. The van der Waals surface area contributed by atoms with E-state index in [0.29, 0.717) is 0 Å². The van der Waals surface area contributed by atoms with Gasteiger partial charge in [-0.2, -0.15) is 0 Å². The van der Waals surface area contributed by atoms with E-state index >= 15 is 0 Å². The normalized spacial score (nSPS) is 21.2. The summed E-state index contributed by atoms with van der Waals surface area (Å²) in [6.07, 6.45) is 11.4. The number of hydrogen-bond donors (Lipinski definition) is 1. The van der Waals surface area contributed by atoms with Crippen molar-refractivity contribution in [3.8, 4) is 0 Å². The standard InChI is InChI=1S/C10H19N/c1-2-3-9-11-10-7-5-4-6-8-10/h2-3,10-11H,4-9H2,1H3. The lowest BCUT2D eigenvalue weighted by Gasteiger charge is -2.21. The van der Waals surface area contributed by atoms with E-state index in [1.807, 2.05) is 0 Å². The molecule has 1 heteroatoms. The summed E-state index contributed by atoms with van der Waals surface area (Å²) in [7, 11) is 0. The maximum atomic E-state index is 3.54. The van der Waals surface area contributed by atoms with E-state index in [1.165, 1.54) is 32.1 Å². The van der Waals surface area contributed by atoms with Crippen molar-refractivity contribution >= 4 is 0 Å². The first-order valence-electron chi connectivity index (χ1n) is 4.78. The van der Waals surface area contributed by atoms with Gasteiger partial charge >= 0.3 is 0 Å². The third-order valence-electron chi connectivity index (χ3n) is 2.37. The minimum Gasteiger partial charge on any atom is -0.311 e. The molecule has 1 N–H and O–H groups in total. The molecule has 1 saturated carbocycles. The topological polar surface area (TPSA) is 12.0 Å². The third-order valence-corrected chi connectivity index (χ3v) is 2.37. The molecule has 0 radical (unpaired) electrons. The number of hydrogen-bond acceptors (Lipinski definition) is 1. The fourth-order valence-electron chi connectivity index (χ4n) is 1.66. The summed E-state index contributed by atoms with van der Waals surface area (Å²) in [5, 5.41) is 3.54. The van der Waals surface area contributed by atoms with Crippen LogP contribution in [0.3, 0.4) is 0 Å². The Morgan fingerprint density at radius 3 is 2.64 bits per heavy atom. The summed E-state index contributed by atoms with van der Waals surface area (Å²) in [6.45, 7) is 3.13.